The molecule has 1 aliphatic rings. The molecule has 1 aliphatic heterocycles. The smallest absolute Gasteiger partial charge is 0.252 e. The Morgan fingerprint density at radius 1 is 0.967 bits per heavy atom. The van der Waals surface area contributed by atoms with E-state index in [9.17, 15) is 9.59 Å². The second kappa shape index (κ2) is 8.95. The number of carbonyl (C=O) groups excluding carboxylic acids is 2. The van der Waals surface area contributed by atoms with Gasteiger partial charge in [-0.25, -0.2) is 0 Å². The van der Waals surface area contributed by atoms with E-state index in [4.69, 9.17) is 0 Å². The quantitative estimate of drug-likeness (QED) is 0.658. The van der Waals surface area contributed by atoms with Crippen LogP contribution in [0.25, 0.3) is 0 Å². The van der Waals surface area contributed by atoms with E-state index < -0.39 is 0 Å². The average molecular weight is 399 g/mol. The first-order valence-electron chi connectivity index (χ1n) is 10.4. The number of benzene rings is 3. The summed E-state index contributed by atoms with van der Waals surface area (Å²) in [5, 5.41) is 3.20. The molecule has 3 aromatic rings. The number of carbonyl (C=O) groups is 2. The summed E-state index contributed by atoms with van der Waals surface area (Å²) in [5.41, 5.74) is 4.84. The summed E-state index contributed by atoms with van der Waals surface area (Å²) >= 11 is 0. The number of nitrogens with one attached hydrogen (secondary N) is 1. The first-order valence-corrected chi connectivity index (χ1v) is 10.4. The molecule has 4 rings (SSSR count). The van der Waals surface area contributed by atoms with Crippen LogP contribution in [-0.2, 0) is 11.3 Å². The fourth-order valence-corrected chi connectivity index (χ4v) is 3.88. The highest BCUT2D eigenvalue weighted by molar-refractivity contribution is 5.95. The van der Waals surface area contributed by atoms with Crippen molar-refractivity contribution in [2.75, 3.05) is 6.54 Å². The molecule has 1 saturated heterocycles. The van der Waals surface area contributed by atoms with Crippen molar-refractivity contribution in [3.63, 3.8) is 0 Å². The third-order valence-electron chi connectivity index (χ3n) is 5.55. The zero-order valence-corrected chi connectivity index (χ0v) is 17.2. The molecule has 1 heterocycles. The van der Waals surface area contributed by atoms with Gasteiger partial charge in [-0.05, 0) is 42.2 Å². The van der Waals surface area contributed by atoms with Crippen LogP contribution in [-0.4, -0.2) is 23.3 Å². The van der Waals surface area contributed by atoms with Crippen molar-refractivity contribution in [3.8, 4) is 0 Å². The van der Waals surface area contributed by atoms with E-state index in [1.165, 1.54) is 5.56 Å². The van der Waals surface area contributed by atoms with E-state index in [1.807, 2.05) is 59.5 Å². The molecule has 1 atom stereocenters. The molecular formula is C26H26N2O2. The van der Waals surface area contributed by atoms with E-state index >= 15 is 0 Å². The Bertz CT molecular complexity index is 1030. The lowest BCUT2D eigenvalue weighted by molar-refractivity contribution is -0.128. The first kappa shape index (κ1) is 19.9. The van der Waals surface area contributed by atoms with Crippen LogP contribution < -0.4 is 5.32 Å². The van der Waals surface area contributed by atoms with Gasteiger partial charge in [-0.2, -0.15) is 0 Å². The third-order valence-corrected chi connectivity index (χ3v) is 5.55. The molecule has 0 radical (unpaired) electrons. The Morgan fingerprint density at radius 3 is 2.40 bits per heavy atom. The van der Waals surface area contributed by atoms with Crippen molar-refractivity contribution in [2.45, 2.75) is 32.4 Å². The lowest BCUT2D eigenvalue weighted by atomic mass is 9.97. The number of aryl methyl sites for hydroxylation is 1. The highest BCUT2D eigenvalue weighted by atomic mass is 16.2. The minimum atomic E-state index is -0.233. The molecule has 1 N–H and O–H groups in total. The molecule has 30 heavy (non-hydrogen) atoms. The van der Waals surface area contributed by atoms with Crippen molar-refractivity contribution in [3.05, 3.63) is 107 Å². The number of amides is 2. The monoisotopic (exact) mass is 398 g/mol. The molecule has 4 heteroatoms. The molecule has 0 spiro atoms. The van der Waals surface area contributed by atoms with E-state index in [2.05, 4.69) is 36.5 Å². The maximum atomic E-state index is 13.1. The molecule has 1 unspecified atom stereocenters. The van der Waals surface area contributed by atoms with Crippen LogP contribution in [0.3, 0.4) is 0 Å². The summed E-state index contributed by atoms with van der Waals surface area (Å²) in [5.74, 6) is 0.0624. The van der Waals surface area contributed by atoms with Gasteiger partial charge in [-0.3, -0.25) is 9.59 Å². The van der Waals surface area contributed by atoms with Crippen molar-refractivity contribution in [2.24, 2.45) is 0 Å². The standard InChI is InChI=1S/C26H26N2O2/c1-19-12-14-22(15-13-19)25(21-8-3-2-4-9-21)27-26(30)23-10-5-7-20(17-23)18-28-16-6-11-24(28)29/h2-5,7-10,12-15,17,25H,6,11,16,18H2,1H3,(H,27,30). The van der Waals surface area contributed by atoms with E-state index in [0.29, 0.717) is 18.5 Å². The van der Waals surface area contributed by atoms with Gasteiger partial charge in [0.1, 0.15) is 0 Å². The van der Waals surface area contributed by atoms with Gasteiger partial charge in [0.05, 0.1) is 6.04 Å². The van der Waals surface area contributed by atoms with Crippen LogP contribution in [0.1, 0.15) is 51.5 Å². The molecule has 0 aliphatic carbocycles. The number of rotatable bonds is 6. The highest BCUT2D eigenvalue weighted by Crippen LogP contribution is 2.23. The highest BCUT2D eigenvalue weighted by Gasteiger charge is 2.21. The summed E-state index contributed by atoms with van der Waals surface area (Å²) in [6.07, 6.45) is 1.53. The summed E-state index contributed by atoms with van der Waals surface area (Å²) in [7, 11) is 0. The third kappa shape index (κ3) is 4.60. The zero-order valence-electron chi connectivity index (χ0n) is 17.2. The fraction of sp³-hybridized carbons (Fsp3) is 0.231. The normalized spacial score (nSPS) is 14.6. The van der Waals surface area contributed by atoms with Crippen LogP contribution in [0.2, 0.25) is 0 Å². The Labute approximate surface area is 177 Å². The average Bonchev–Trinajstić information content (AvgIpc) is 3.18. The summed E-state index contributed by atoms with van der Waals surface area (Å²) < 4.78 is 0. The van der Waals surface area contributed by atoms with Crippen molar-refractivity contribution >= 4 is 11.8 Å². The van der Waals surface area contributed by atoms with E-state index in [0.717, 1.165) is 29.7 Å². The van der Waals surface area contributed by atoms with Crippen molar-refractivity contribution in [1.82, 2.24) is 10.2 Å². The second-order valence-electron chi connectivity index (χ2n) is 7.85. The van der Waals surface area contributed by atoms with Gasteiger partial charge in [0.15, 0.2) is 0 Å². The number of hydrogen-bond acceptors (Lipinski definition) is 2. The predicted molar refractivity (Wildman–Crippen MR) is 118 cm³/mol. The molecule has 4 nitrogen and oxygen atoms in total. The zero-order chi connectivity index (χ0) is 20.9. The molecule has 1 fully saturated rings. The molecule has 0 bridgehead atoms. The van der Waals surface area contributed by atoms with Crippen molar-refractivity contribution < 1.29 is 9.59 Å². The van der Waals surface area contributed by atoms with Crippen LogP contribution >= 0.6 is 0 Å². The van der Waals surface area contributed by atoms with Gasteiger partial charge in [0.2, 0.25) is 5.91 Å². The Hall–Kier alpha value is -3.40. The Morgan fingerprint density at radius 2 is 1.70 bits per heavy atom. The van der Waals surface area contributed by atoms with Crippen LogP contribution in [0.5, 0.6) is 0 Å². The molecular weight excluding hydrogens is 372 g/mol. The van der Waals surface area contributed by atoms with Crippen LogP contribution in [0.4, 0.5) is 0 Å². The maximum absolute atomic E-state index is 13.1. The molecule has 0 saturated carbocycles. The van der Waals surface area contributed by atoms with Gasteiger partial charge >= 0.3 is 0 Å². The summed E-state index contributed by atoms with van der Waals surface area (Å²) in [6, 6.07) is 25.6. The van der Waals surface area contributed by atoms with Crippen LogP contribution in [0, 0.1) is 6.92 Å². The van der Waals surface area contributed by atoms with Gasteiger partial charge in [-0.15, -0.1) is 0 Å². The van der Waals surface area contributed by atoms with Crippen LogP contribution in [0.15, 0.2) is 78.9 Å². The summed E-state index contributed by atoms with van der Waals surface area (Å²) in [4.78, 5) is 26.9. The van der Waals surface area contributed by atoms with Crippen molar-refractivity contribution in [1.29, 1.82) is 0 Å². The first-order chi connectivity index (χ1) is 14.6. The second-order valence-corrected chi connectivity index (χ2v) is 7.85. The Balaban J connectivity index is 1.56. The minimum Gasteiger partial charge on any atom is -0.341 e. The largest absolute Gasteiger partial charge is 0.341 e. The van der Waals surface area contributed by atoms with Gasteiger partial charge in [0.25, 0.3) is 5.91 Å². The Kier molecular flexibility index (Phi) is 5.94. The predicted octanol–water partition coefficient (Wildman–Crippen LogP) is 4.64. The molecule has 3 aromatic carbocycles. The minimum absolute atomic E-state index is 0.126. The molecule has 0 aromatic heterocycles. The van der Waals surface area contributed by atoms with E-state index in [-0.39, 0.29) is 17.9 Å². The molecule has 2 amide bonds. The van der Waals surface area contributed by atoms with Gasteiger partial charge in [0, 0.05) is 25.1 Å². The number of nitrogens with zero attached hydrogens (tertiary/aromatic N) is 1. The fourth-order valence-electron chi connectivity index (χ4n) is 3.88. The lowest BCUT2D eigenvalue weighted by Crippen LogP contribution is -2.29. The van der Waals surface area contributed by atoms with Gasteiger partial charge in [-0.1, -0.05) is 72.3 Å². The van der Waals surface area contributed by atoms with Gasteiger partial charge < -0.3 is 10.2 Å². The number of hydrogen-bond donors (Lipinski definition) is 1. The molecule has 152 valence electrons. The summed E-state index contributed by atoms with van der Waals surface area (Å²) in [6.45, 7) is 3.40. The number of likely N-dealkylation sites (tertiary alicyclic amines) is 1. The van der Waals surface area contributed by atoms with E-state index in [1.54, 1.807) is 0 Å². The topological polar surface area (TPSA) is 49.4 Å². The maximum Gasteiger partial charge on any atom is 0.252 e. The SMILES string of the molecule is Cc1ccc(C(NC(=O)c2cccc(CN3CCCC3=O)c2)c2ccccc2)cc1. The lowest BCUT2D eigenvalue weighted by Gasteiger charge is -2.21.